The highest BCUT2D eigenvalue weighted by Gasteiger charge is 2.39. The Hall–Kier alpha value is -2.85. The molecule has 0 aromatic heterocycles. The van der Waals surface area contributed by atoms with E-state index >= 15 is 0 Å². The van der Waals surface area contributed by atoms with Crippen LogP contribution in [-0.2, 0) is 0 Å². The number of aliphatic hydroxyl groups is 1. The zero-order valence-corrected chi connectivity index (χ0v) is 14.1. The summed E-state index contributed by atoms with van der Waals surface area (Å²) in [7, 11) is 0. The Morgan fingerprint density at radius 1 is 0.880 bits per heavy atom. The van der Waals surface area contributed by atoms with Crippen molar-refractivity contribution in [3.63, 3.8) is 0 Å². The first-order valence-corrected chi connectivity index (χ1v) is 8.03. The van der Waals surface area contributed by atoms with E-state index in [0.717, 1.165) is 0 Å². The third-order valence-electron chi connectivity index (χ3n) is 4.26. The highest BCUT2D eigenvalue weighted by atomic mass is 16.3. The second-order valence-electron chi connectivity index (χ2n) is 6.58. The predicted molar refractivity (Wildman–Crippen MR) is 93.8 cm³/mol. The number of ketones is 3. The van der Waals surface area contributed by atoms with Gasteiger partial charge in [-0.2, -0.15) is 0 Å². The molecule has 4 nitrogen and oxygen atoms in total. The van der Waals surface area contributed by atoms with Crippen LogP contribution < -0.4 is 0 Å². The third-order valence-corrected chi connectivity index (χ3v) is 4.26. The van der Waals surface area contributed by atoms with Crippen LogP contribution in [0.2, 0.25) is 0 Å². The third kappa shape index (κ3) is 3.08. The van der Waals surface area contributed by atoms with E-state index in [2.05, 4.69) is 0 Å². The van der Waals surface area contributed by atoms with Crippen molar-refractivity contribution in [2.45, 2.75) is 25.9 Å². The van der Waals surface area contributed by atoms with Crippen molar-refractivity contribution in [3.8, 4) is 0 Å². The number of hydrogen-bond acceptors (Lipinski definition) is 4. The molecule has 2 aromatic rings. The zero-order valence-electron chi connectivity index (χ0n) is 14.1. The number of benzene rings is 2. The maximum absolute atomic E-state index is 12.9. The van der Waals surface area contributed by atoms with Crippen LogP contribution in [0.3, 0.4) is 0 Å². The van der Waals surface area contributed by atoms with Crippen molar-refractivity contribution in [3.05, 3.63) is 82.4 Å². The molecule has 0 unspecified atom stereocenters. The van der Waals surface area contributed by atoms with E-state index in [-0.39, 0.29) is 40.3 Å². The van der Waals surface area contributed by atoms with E-state index in [1.807, 2.05) is 0 Å². The molecule has 25 heavy (non-hydrogen) atoms. The maximum atomic E-state index is 12.9. The first-order chi connectivity index (χ1) is 11.8. The van der Waals surface area contributed by atoms with Gasteiger partial charge in [0.05, 0.1) is 5.60 Å². The summed E-state index contributed by atoms with van der Waals surface area (Å²) in [4.78, 5) is 38.3. The summed E-state index contributed by atoms with van der Waals surface area (Å²) < 4.78 is 0. The number of Topliss-reactive ketones (excluding diaryl/α,β-unsaturated/α-hetero) is 3. The molecule has 0 fully saturated rings. The van der Waals surface area contributed by atoms with Gasteiger partial charge in [-0.05, 0) is 13.8 Å². The summed E-state index contributed by atoms with van der Waals surface area (Å²) in [6.07, 6.45) is -0.220. The van der Waals surface area contributed by atoms with Crippen LogP contribution in [0.25, 0.3) is 0 Å². The molecular weight excluding hydrogens is 316 g/mol. The summed E-state index contributed by atoms with van der Waals surface area (Å²) >= 11 is 0. The fourth-order valence-corrected chi connectivity index (χ4v) is 3.13. The lowest BCUT2D eigenvalue weighted by molar-refractivity contribution is 0.0819. The Balaban J connectivity index is 2.11. The molecule has 126 valence electrons. The molecule has 0 amide bonds. The van der Waals surface area contributed by atoms with E-state index in [0.29, 0.717) is 5.56 Å². The average molecular weight is 334 g/mol. The second-order valence-corrected chi connectivity index (χ2v) is 6.58. The Morgan fingerprint density at radius 2 is 1.40 bits per heavy atom. The largest absolute Gasteiger partial charge is 0.386 e. The van der Waals surface area contributed by atoms with Gasteiger partial charge in [-0.15, -0.1) is 0 Å². The van der Waals surface area contributed by atoms with Crippen molar-refractivity contribution < 1.29 is 19.5 Å². The molecule has 4 heteroatoms. The van der Waals surface area contributed by atoms with Crippen LogP contribution in [0.5, 0.6) is 0 Å². The van der Waals surface area contributed by atoms with Gasteiger partial charge >= 0.3 is 0 Å². The van der Waals surface area contributed by atoms with Crippen LogP contribution in [0.4, 0.5) is 0 Å². The van der Waals surface area contributed by atoms with Crippen molar-refractivity contribution in [2.24, 2.45) is 0 Å². The SMILES string of the molecule is CC(C)(O)C1=C(CC(=O)c2ccccc2)C(=O)c2ccccc2C1=O. The molecule has 0 radical (unpaired) electrons. The minimum absolute atomic E-state index is 0.000445. The summed E-state index contributed by atoms with van der Waals surface area (Å²) in [5, 5.41) is 10.5. The number of allylic oxidation sites excluding steroid dienone is 1. The smallest absolute Gasteiger partial charge is 0.193 e. The summed E-state index contributed by atoms with van der Waals surface area (Å²) in [6.45, 7) is 2.91. The number of carbonyl (C=O) groups is 3. The first kappa shape index (κ1) is 17.0. The van der Waals surface area contributed by atoms with Crippen molar-refractivity contribution in [1.82, 2.24) is 0 Å². The normalized spacial score (nSPS) is 14.5. The molecule has 0 spiro atoms. The average Bonchev–Trinajstić information content (AvgIpc) is 2.59. The lowest BCUT2D eigenvalue weighted by Crippen LogP contribution is -2.35. The van der Waals surface area contributed by atoms with Gasteiger partial charge in [0.15, 0.2) is 17.3 Å². The molecular formula is C21H18O4. The number of fused-ring (bicyclic) bond motifs is 1. The van der Waals surface area contributed by atoms with Gasteiger partial charge in [0, 0.05) is 34.3 Å². The second kappa shape index (κ2) is 6.22. The van der Waals surface area contributed by atoms with E-state index in [1.54, 1.807) is 54.6 Å². The quantitative estimate of drug-likeness (QED) is 0.870. The van der Waals surface area contributed by atoms with Crippen LogP contribution in [-0.4, -0.2) is 28.1 Å². The van der Waals surface area contributed by atoms with Crippen molar-refractivity contribution in [2.75, 3.05) is 0 Å². The summed E-state index contributed by atoms with van der Waals surface area (Å²) in [5.74, 6) is -1.05. The Kier molecular flexibility index (Phi) is 4.23. The van der Waals surface area contributed by atoms with Crippen LogP contribution in [0.15, 0.2) is 65.7 Å². The van der Waals surface area contributed by atoms with E-state index in [9.17, 15) is 19.5 Å². The van der Waals surface area contributed by atoms with Gasteiger partial charge < -0.3 is 5.11 Å². The molecule has 0 atom stereocenters. The predicted octanol–water partition coefficient (Wildman–Crippen LogP) is 3.41. The molecule has 1 N–H and O–H groups in total. The Bertz CT molecular complexity index is 899. The number of hydrogen-bond donors (Lipinski definition) is 1. The highest BCUT2D eigenvalue weighted by molar-refractivity contribution is 6.28. The van der Waals surface area contributed by atoms with Gasteiger partial charge in [-0.3, -0.25) is 14.4 Å². The zero-order chi connectivity index (χ0) is 18.2. The number of carbonyl (C=O) groups excluding carboxylic acids is 3. The summed E-state index contributed by atoms with van der Waals surface area (Å²) in [5.41, 5.74) is -0.446. The monoisotopic (exact) mass is 334 g/mol. The summed E-state index contributed by atoms with van der Waals surface area (Å²) in [6, 6.07) is 15.1. The molecule has 0 aliphatic heterocycles. The number of rotatable bonds is 4. The van der Waals surface area contributed by atoms with Gasteiger partial charge in [0.2, 0.25) is 0 Å². The molecule has 3 rings (SSSR count). The van der Waals surface area contributed by atoms with Crippen LogP contribution >= 0.6 is 0 Å². The standard InChI is InChI=1S/C21H18O4/c1-21(2,25)18-16(12-17(22)13-8-4-3-5-9-13)19(23)14-10-6-7-11-15(14)20(18)24/h3-11,25H,12H2,1-2H3. The lowest BCUT2D eigenvalue weighted by Gasteiger charge is -2.28. The highest BCUT2D eigenvalue weighted by Crippen LogP contribution is 2.34. The molecule has 1 aliphatic rings. The van der Waals surface area contributed by atoms with E-state index < -0.39 is 11.4 Å². The molecule has 1 aliphatic carbocycles. The lowest BCUT2D eigenvalue weighted by atomic mass is 9.76. The Morgan fingerprint density at radius 3 is 1.96 bits per heavy atom. The molecule has 2 aromatic carbocycles. The fraction of sp³-hybridized carbons (Fsp3) is 0.190. The molecule has 0 heterocycles. The maximum Gasteiger partial charge on any atom is 0.193 e. The fourth-order valence-electron chi connectivity index (χ4n) is 3.13. The minimum Gasteiger partial charge on any atom is -0.386 e. The van der Waals surface area contributed by atoms with Gasteiger partial charge in [0.1, 0.15) is 0 Å². The topological polar surface area (TPSA) is 71.4 Å². The van der Waals surface area contributed by atoms with Crippen molar-refractivity contribution >= 4 is 17.3 Å². The van der Waals surface area contributed by atoms with Gasteiger partial charge in [-0.1, -0.05) is 54.6 Å². The molecule has 0 saturated carbocycles. The van der Waals surface area contributed by atoms with Gasteiger partial charge in [-0.25, -0.2) is 0 Å². The van der Waals surface area contributed by atoms with Gasteiger partial charge in [0.25, 0.3) is 0 Å². The van der Waals surface area contributed by atoms with Crippen LogP contribution in [0.1, 0.15) is 51.3 Å². The Labute approximate surface area is 145 Å². The molecule has 0 bridgehead atoms. The first-order valence-electron chi connectivity index (χ1n) is 8.03. The van der Waals surface area contributed by atoms with Crippen LogP contribution in [0, 0.1) is 0 Å². The van der Waals surface area contributed by atoms with Crippen molar-refractivity contribution in [1.29, 1.82) is 0 Å². The molecule has 0 saturated heterocycles. The van der Waals surface area contributed by atoms with E-state index in [1.165, 1.54) is 13.8 Å². The van der Waals surface area contributed by atoms with E-state index in [4.69, 9.17) is 0 Å². The minimum atomic E-state index is -1.52.